The largest absolute Gasteiger partial charge is 0.386 e. The predicted octanol–water partition coefficient (Wildman–Crippen LogP) is 2.35. The summed E-state index contributed by atoms with van der Waals surface area (Å²) in [7, 11) is -3.62. The van der Waals surface area contributed by atoms with Gasteiger partial charge in [-0.3, -0.25) is 18.9 Å². The van der Waals surface area contributed by atoms with Crippen LogP contribution in [0.1, 0.15) is 25.6 Å². The molecule has 6 atom stereocenters. The summed E-state index contributed by atoms with van der Waals surface area (Å²) in [6, 6.07) is 3.53. The van der Waals surface area contributed by atoms with Crippen LogP contribution in [0.2, 0.25) is 0 Å². The van der Waals surface area contributed by atoms with Crippen LogP contribution in [0, 0.1) is 5.92 Å². The quantitative estimate of drug-likeness (QED) is 0.236. The van der Waals surface area contributed by atoms with Crippen molar-refractivity contribution < 1.29 is 28.1 Å². The van der Waals surface area contributed by atoms with Crippen LogP contribution in [0.5, 0.6) is 0 Å². The molecule has 0 aromatic carbocycles. The maximum Gasteiger partial charge on any atom is 0.270 e. The van der Waals surface area contributed by atoms with Gasteiger partial charge in [0.05, 0.1) is 12.9 Å². The highest BCUT2D eigenvalue weighted by atomic mass is 79.9. The fraction of sp³-hybridized carbons (Fsp3) is 0.476. The second kappa shape index (κ2) is 10.6. The predicted molar refractivity (Wildman–Crippen MR) is 132 cm³/mol. The minimum Gasteiger partial charge on any atom is -0.386 e. The molecule has 0 bridgehead atoms. The lowest BCUT2D eigenvalue weighted by Gasteiger charge is -2.24. The van der Waals surface area contributed by atoms with E-state index in [1.807, 2.05) is 0 Å². The zero-order valence-corrected chi connectivity index (χ0v) is 22.0. The molecule has 3 aromatic heterocycles. The highest BCUT2D eigenvalue weighted by Crippen LogP contribution is 2.50. The number of halogens is 2. The number of Topliss-reactive ketones (excluding diaryl/α,β-unsaturated/α-hetero) is 1. The van der Waals surface area contributed by atoms with Gasteiger partial charge in [-0.25, -0.2) is 24.4 Å². The number of ether oxygens (including phenoxy) is 1. The summed E-state index contributed by atoms with van der Waals surface area (Å²) < 4.78 is 39.6. The van der Waals surface area contributed by atoms with Crippen molar-refractivity contribution >= 4 is 46.2 Å². The Hall–Kier alpha value is -2.35. The molecule has 4 rings (SSSR count). The summed E-state index contributed by atoms with van der Waals surface area (Å²) in [6.07, 6.45) is 1.31. The molecule has 36 heavy (non-hydrogen) atoms. The standard InChI is InChI=1S/C21H26BrFN7O5P/c1-12(13(2)31)9-36(33,29-7-14-4-3-5-25-6-14)34-8-15-17(32)21(22,23)20(35-15)30-11-28-16-18(24)26-10-27-19(16)30/h3-6,10-12,15,17,20,32H,7-9H2,1-2H3,(H,29,33)(H2,24,26,27)/t12-,15-,17?,20-,21-,36?/m1/s1. The number of fused-ring (bicyclic) bond motifs is 1. The Labute approximate surface area is 214 Å². The molecule has 12 nitrogen and oxygen atoms in total. The van der Waals surface area contributed by atoms with E-state index in [2.05, 4.69) is 41.0 Å². The molecule has 0 radical (unpaired) electrons. The summed E-state index contributed by atoms with van der Waals surface area (Å²) in [5.74, 6) is -0.606. The number of aromatic nitrogens is 5. The van der Waals surface area contributed by atoms with Gasteiger partial charge in [0.1, 0.15) is 29.8 Å². The van der Waals surface area contributed by atoms with Gasteiger partial charge in [-0.05, 0) is 34.5 Å². The van der Waals surface area contributed by atoms with E-state index in [0.717, 1.165) is 5.56 Å². The van der Waals surface area contributed by atoms with Gasteiger partial charge in [0, 0.05) is 31.0 Å². The Kier molecular flexibility index (Phi) is 7.83. The topological polar surface area (TPSA) is 167 Å². The normalized spacial score (nSPS) is 26.6. The Morgan fingerprint density at radius 2 is 2.25 bits per heavy atom. The molecule has 0 amide bonds. The number of nitrogens with two attached hydrogens (primary N) is 1. The molecule has 0 spiro atoms. The van der Waals surface area contributed by atoms with Gasteiger partial charge < -0.3 is 20.1 Å². The summed E-state index contributed by atoms with van der Waals surface area (Å²) in [5.41, 5.74) is 7.02. The fourth-order valence-electron chi connectivity index (χ4n) is 3.71. The van der Waals surface area contributed by atoms with E-state index in [4.69, 9.17) is 15.0 Å². The Morgan fingerprint density at radius 3 is 2.94 bits per heavy atom. The number of hydrogen-bond acceptors (Lipinski definition) is 10. The molecule has 0 aliphatic carbocycles. The third kappa shape index (κ3) is 5.48. The Morgan fingerprint density at radius 1 is 1.47 bits per heavy atom. The number of nitrogens with zero attached hydrogens (tertiary/aromatic N) is 5. The van der Waals surface area contributed by atoms with E-state index in [1.165, 1.54) is 24.1 Å². The van der Waals surface area contributed by atoms with E-state index < -0.39 is 43.1 Å². The molecule has 3 aromatic rings. The number of anilines is 1. The van der Waals surface area contributed by atoms with Crippen molar-refractivity contribution in [3.8, 4) is 0 Å². The number of nitrogens with one attached hydrogen (secondary N) is 1. The van der Waals surface area contributed by atoms with Crippen molar-refractivity contribution in [2.24, 2.45) is 5.92 Å². The van der Waals surface area contributed by atoms with E-state index >= 15 is 4.39 Å². The Bertz CT molecular complexity index is 1280. The molecule has 1 aliphatic heterocycles. The summed E-state index contributed by atoms with van der Waals surface area (Å²) in [6.45, 7) is 2.79. The number of carbonyl (C=O) groups excluding carboxylic acids is 1. The lowest BCUT2D eigenvalue weighted by Crippen LogP contribution is -2.38. The second-order valence-corrected chi connectivity index (χ2v) is 12.1. The molecule has 194 valence electrons. The summed E-state index contributed by atoms with van der Waals surface area (Å²) in [4.78, 5) is 27.9. The van der Waals surface area contributed by atoms with Gasteiger partial charge in [-0.1, -0.05) is 13.0 Å². The molecule has 0 saturated carbocycles. The molecule has 4 N–H and O–H groups in total. The van der Waals surface area contributed by atoms with Crippen LogP contribution < -0.4 is 10.8 Å². The van der Waals surface area contributed by atoms with Crippen LogP contribution in [0.3, 0.4) is 0 Å². The fourth-order valence-corrected chi connectivity index (χ4v) is 6.45. The first kappa shape index (κ1) is 26.7. The number of nitrogen functional groups attached to an aromatic ring is 1. The molecule has 15 heteroatoms. The number of imidazole rings is 1. The van der Waals surface area contributed by atoms with Crippen molar-refractivity contribution in [1.29, 1.82) is 0 Å². The average Bonchev–Trinajstić information content (AvgIpc) is 3.36. The molecule has 1 aliphatic rings. The van der Waals surface area contributed by atoms with Crippen LogP contribution in [0.4, 0.5) is 10.2 Å². The van der Waals surface area contributed by atoms with Crippen LogP contribution >= 0.6 is 23.4 Å². The SMILES string of the molecule is CC(=O)[C@H](C)CP(=O)(NCc1cccnc1)OC[C@H]1O[C@@H](n2cnc3c(N)ncnc32)[C@@](F)(Br)C1O. The lowest BCUT2D eigenvalue weighted by atomic mass is 10.1. The average molecular weight is 586 g/mol. The third-order valence-electron chi connectivity index (χ3n) is 5.92. The smallest absolute Gasteiger partial charge is 0.270 e. The van der Waals surface area contributed by atoms with E-state index in [-0.39, 0.29) is 35.5 Å². The van der Waals surface area contributed by atoms with Gasteiger partial charge in [0.2, 0.25) is 4.58 Å². The molecular formula is C21H26BrFN7O5P. The second-order valence-electron chi connectivity index (χ2n) is 8.59. The number of aliphatic hydroxyl groups excluding tert-OH is 1. The highest BCUT2D eigenvalue weighted by molar-refractivity contribution is 9.10. The van der Waals surface area contributed by atoms with Crippen LogP contribution in [-0.4, -0.2) is 64.9 Å². The molecular weight excluding hydrogens is 560 g/mol. The van der Waals surface area contributed by atoms with E-state index in [9.17, 15) is 14.5 Å². The van der Waals surface area contributed by atoms with Crippen molar-refractivity contribution in [3.63, 3.8) is 0 Å². The number of pyridine rings is 1. The number of hydrogen-bond donors (Lipinski definition) is 3. The first-order valence-electron chi connectivity index (χ1n) is 11.0. The molecule has 2 unspecified atom stereocenters. The first-order valence-corrected chi connectivity index (χ1v) is 13.6. The zero-order valence-electron chi connectivity index (χ0n) is 19.5. The minimum atomic E-state index is -3.62. The summed E-state index contributed by atoms with van der Waals surface area (Å²) >= 11 is 2.92. The zero-order chi connectivity index (χ0) is 26.1. The monoisotopic (exact) mass is 585 g/mol. The van der Waals surface area contributed by atoms with Crippen molar-refractivity contribution in [3.05, 3.63) is 42.7 Å². The van der Waals surface area contributed by atoms with E-state index in [0.29, 0.717) is 0 Å². The lowest BCUT2D eigenvalue weighted by molar-refractivity contribution is -0.119. The van der Waals surface area contributed by atoms with Gasteiger partial charge in [-0.15, -0.1) is 0 Å². The number of rotatable bonds is 10. The molecule has 1 fully saturated rings. The van der Waals surface area contributed by atoms with Crippen molar-refractivity contribution in [2.75, 3.05) is 18.5 Å². The minimum absolute atomic E-state index is 0.0910. The van der Waals surface area contributed by atoms with Crippen LogP contribution in [0.25, 0.3) is 11.2 Å². The van der Waals surface area contributed by atoms with Crippen LogP contribution in [-0.2, 0) is 25.2 Å². The molecule has 4 heterocycles. The van der Waals surface area contributed by atoms with Crippen molar-refractivity contribution in [2.45, 2.75) is 43.4 Å². The molecule has 1 saturated heterocycles. The number of carbonyl (C=O) groups is 1. The van der Waals surface area contributed by atoms with Gasteiger partial charge in [0.15, 0.2) is 17.7 Å². The first-order chi connectivity index (χ1) is 17.0. The number of alkyl halides is 2. The van der Waals surface area contributed by atoms with Gasteiger partial charge in [0.25, 0.3) is 7.52 Å². The number of aliphatic hydroxyl groups is 1. The van der Waals surface area contributed by atoms with Crippen LogP contribution in [0.15, 0.2) is 37.2 Å². The maximum atomic E-state index is 15.6. The Balaban J connectivity index is 1.51. The van der Waals surface area contributed by atoms with Gasteiger partial charge >= 0.3 is 0 Å². The van der Waals surface area contributed by atoms with Gasteiger partial charge in [-0.2, -0.15) is 0 Å². The summed E-state index contributed by atoms with van der Waals surface area (Å²) in [5, 5.41) is 13.6. The van der Waals surface area contributed by atoms with E-state index in [1.54, 1.807) is 31.5 Å². The highest BCUT2D eigenvalue weighted by Gasteiger charge is 2.57. The van der Waals surface area contributed by atoms with Crippen molar-refractivity contribution in [1.82, 2.24) is 29.6 Å². The third-order valence-corrected chi connectivity index (χ3v) is 9.02. The maximum absolute atomic E-state index is 15.6. The number of ketones is 1.